The first-order valence-electron chi connectivity index (χ1n) is 6.21. The first-order chi connectivity index (χ1) is 9.47. The predicted molar refractivity (Wildman–Crippen MR) is 78.2 cm³/mol. The van der Waals surface area contributed by atoms with Crippen molar-refractivity contribution >= 4 is 27.8 Å². The van der Waals surface area contributed by atoms with Crippen molar-refractivity contribution in [2.24, 2.45) is 0 Å². The van der Waals surface area contributed by atoms with Crippen molar-refractivity contribution in [2.45, 2.75) is 25.3 Å². The van der Waals surface area contributed by atoms with Gasteiger partial charge in [-0.3, -0.25) is 4.79 Å². The number of carbonyl (C=O) groups is 2. The van der Waals surface area contributed by atoms with E-state index in [9.17, 15) is 9.59 Å². The summed E-state index contributed by atoms with van der Waals surface area (Å²) < 4.78 is 5.46. The number of benzene rings is 1. The Morgan fingerprint density at radius 2 is 1.95 bits per heavy atom. The van der Waals surface area contributed by atoms with E-state index >= 15 is 0 Å². The molecule has 2 atom stereocenters. The smallest absolute Gasteiger partial charge is 0.330 e. The number of hydrogen-bond acceptors (Lipinski definition) is 4. The second-order valence-corrected chi connectivity index (χ2v) is 5.40. The molecule has 2 unspecified atom stereocenters. The van der Waals surface area contributed by atoms with Crippen LogP contribution < -0.4 is 5.32 Å². The summed E-state index contributed by atoms with van der Waals surface area (Å²) in [5.74, 6) is -0.942. The molecule has 1 rings (SSSR count). The van der Waals surface area contributed by atoms with Crippen LogP contribution in [0.25, 0.3) is 0 Å². The maximum atomic E-state index is 11.8. The third kappa shape index (κ3) is 4.94. The fourth-order valence-electron chi connectivity index (χ4n) is 1.76. The first kappa shape index (κ1) is 16.7. The number of esters is 1. The van der Waals surface area contributed by atoms with Gasteiger partial charge in [-0.25, -0.2) is 4.79 Å². The molecule has 1 aromatic rings. The summed E-state index contributed by atoms with van der Waals surface area (Å²) in [6.07, 6.45) is 0.231. The third-order valence-electron chi connectivity index (χ3n) is 2.93. The maximum Gasteiger partial charge on any atom is 0.330 e. The van der Waals surface area contributed by atoms with Crippen LogP contribution in [0.5, 0.6) is 0 Å². The van der Waals surface area contributed by atoms with Gasteiger partial charge in [0.15, 0.2) is 6.04 Å². The van der Waals surface area contributed by atoms with Gasteiger partial charge in [-0.15, -0.1) is 0 Å². The zero-order valence-electron chi connectivity index (χ0n) is 11.4. The Kier molecular flexibility index (Phi) is 6.67. The molecule has 0 saturated carbocycles. The molecule has 0 radical (unpaired) electrons. The quantitative estimate of drug-likeness (QED) is 0.769. The molecule has 6 heteroatoms. The van der Waals surface area contributed by atoms with Gasteiger partial charge >= 0.3 is 5.97 Å². The van der Waals surface area contributed by atoms with Crippen LogP contribution in [0.2, 0.25) is 0 Å². The van der Waals surface area contributed by atoms with Crippen molar-refractivity contribution in [3.8, 4) is 0 Å². The second-order valence-electron chi connectivity index (χ2n) is 4.48. The highest BCUT2D eigenvalue weighted by molar-refractivity contribution is 9.10. The molecule has 1 aromatic carbocycles. The molecular weight excluding hydrogens is 326 g/mol. The van der Waals surface area contributed by atoms with Crippen LogP contribution >= 0.6 is 15.9 Å². The first-order valence-corrected chi connectivity index (χ1v) is 7.00. The van der Waals surface area contributed by atoms with Crippen molar-refractivity contribution in [3.05, 3.63) is 34.3 Å². The normalized spacial score (nSPS) is 13.4. The van der Waals surface area contributed by atoms with Crippen LogP contribution in [0.1, 0.15) is 24.8 Å². The van der Waals surface area contributed by atoms with Crippen molar-refractivity contribution in [3.63, 3.8) is 0 Å². The Balaban J connectivity index is 2.57. The van der Waals surface area contributed by atoms with Gasteiger partial charge in [0.25, 0.3) is 0 Å². The van der Waals surface area contributed by atoms with E-state index in [-0.39, 0.29) is 18.2 Å². The molecule has 0 aromatic heterocycles. The summed E-state index contributed by atoms with van der Waals surface area (Å²) >= 11 is 3.35. The standard InChI is InChI=1S/C14H18BrNO4/c1-9(10-3-5-11(15)6-4-10)7-13(18)16-12(8-17)14(19)20-2/h3-6,9,12,17H,7-8H2,1-2H3,(H,16,18). The minimum Gasteiger partial charge on any atom is -0.467 e. The van der Waals surface area contributed by atoms with Crippen LogP contribution in [-0.2, 0) is 14.3 Å². The zero-order chi connectivity index (χ0) is 15.1. The Bertz CT molecular complexity index is 461. The lowest BCUT2D eigenvalue weighted by atomic mass is 9.97. The summed E-state index contributed by atoms with van der Waals surface area (Å²) in [5.41, 5.74) is 1.03. The van der Waals surface area contributed by atoms with Crippen molar-refractivity contribution < 1.29 is 19.4 Å². The topological polar surface area (TPSA) is 75.6 Å². The average molecular weight is 344 g/mol. The highest BCUT2D eigenvalue weighted by atomic mass is 79.9. The maximum absolute atomic E-state index is 11.8. The summed E-state index contributed by atoms with van der Waals surface area (Å²) in [6, 6.07) is 6.69. The lowest BCUT2D eigenvalue weighted by Gasteiger charge is -2.16. The Morgan fingerprint density at radius 1 is 1.35 bits per heavy atom. The van der Waals surface area contributed by atoms with E-state index in [2.05, 4.69) is 26.0 Å². The van der Waals surface area contributed by atoms with Gasteiger partial charge in [0.2, 0.25) is 5.91 Å². The number of amides is 1. The van der Waals surface area contributed by atoms with Crippen LogP contribution in [0.3, 0.4) is 0 Å². The van der Waals surface area contributed by atoms with Crippen molar-refractivity contribution in [1.29, 1.82) is 0 Å². The number of carbonyl (C=O) groups excluding carboxylic acids is 2. The number of aliphatic hydroxyl groups excluding tert-OH is 1. The number of aliphatic hydroxyl groups is 1. The monoisotopic (exact) mass is 343 g/mol. The molecule has 0 aliphatic rings. The molecule has 0 aliphatic carbocycles. The molecule has 0 heterocycles. The molecule has 0 aliphatic heterocycles. The van der Waals surface area contributed by atoms with Crippen LogP contribution in [0.15, 0.2) is 28.7 Å². The van der Waals surface area contributed by atoms with E-state index in [1.807, 2.05) is 31.2 Å². The van der Waals surface area contributed by atoms with Gasteiger partial charge in [0.05, 0.1) is 13.7 Å². The number of methoxy groups -OCH3 is 1. The number of halogens is 1. The summed E-state index contributed by atoms with van der Waals surface area (Å²) in [4.78, 5) is 23.1. The Hall–Kier alpha value is -1.40. The Labute approximate surface area is 126 Å². The summed E-state index contributed by atoms with van der Waals surface area (Å²) in [5, 5.41) is 11.5. The molecule has 1 amide bonds. The van der Waals surface area contributed by atoms with Crippen LogP contribution in [-0.4, -0.2) is 36.7 Å². The lowest BCUT2D eigenvalue weighted by Crippen LogP contribution is -2.44. The van der Waals surface area contributed by atoms with Gasteiger partial charge in [0.1, 0.15) is 0 Å². The van der Waals surface area contributed by atoms with E-state index in [1.54, 1.807) is 0 Å². The lowest BCUT2D eigenvalue weighted by molar-refractivity contribution is -0.146. The number of rotatable bonds is 6. The summed E-state index contributed by atoms with van der Waals surface area (Å²) in [7, 11) is 1.21. The van der Waals surface area contributed by atoms with E-state index < -0.39 is 18.6 Å². The van der Waals surface area contributed by atoms with Crippen LogP contribution in [0, 0.1) is 0 Å². The largest absolute Gasteiger partial charge is 0.467 e. The Morgan fingerprint density at radius 3 is 2.45 bits per heavy atom. The van der Waals surface area contributed by atoms with E-state index in [1.165, 1.54) is 7.11 Å². The summed E-state index contributed by atoms with van der Waals surface area (Å²) in [6.45, 7) is 1.44. The van der Waals surface area contributed by atoms with Crippen molar-refractivity contribution in [2.75, 3.05) is 13.7 Å². The minimum absolute atomic E-state index is 0.0140. The minimum atomic E-state index is -1.01. The highest BCUT2D eigenvalue weighted by Crippen LogP contribution is 2.21. The molecule has 0 bridgehead atoms. The highest BCUT2D eigenvalue weighted by Gasteiger charge is 2.21. The molecule has 110 valence electrons. The molecular formula is C14H18BrNO4. The zero-order valence-corrected chi connectivity index (χ0v) is 13.0. The van der Waals surface area contributed by atoms with E-state index in [0.29, 0.717) is 0 Å². The molecule has 2 N–H and O–H groups in total. The number of ether oxygens (including phenoxy) is 1. The average Bonchev–Trinajstić information content (AvgIpc) is 2.44. The fourth-order valence-corrected chi connectivity index (χ4v) is 2.03. The van der Waals surface area contributed by atoms with Gasteiger partial charge in [-0.2, -0.15) is 0 Å². The third-order valence-corrected chi connectivity index (χ3v) is 3.46. The SMILES string of the molecule is COC(=O)C(CO)NC(=O)CC(C)c1ccc(Br)cc1. The van der Waals surface area contributed by atoms with Gasteiger partial charge in [0, 0.05) is 10.9 Å². The molecule has 0 saturated heterocycles. The molecule has 0 spiro atoms. The number of nitrogens with one attached hydrogen (secondary N) is 1. The van der Waals surface area contributed by atoms with E-state index in [0.717, 1.165) is 10.0 Å². The molecule has 0 fully saturated rings. The molecule has 20 heavy (non-hydrogen) atoms. The van der Waals surface area contributed by atoms with Crippen molar-refractivity contribution in [1.82, 2.24) is 5.32 Å². The fraction of sp³-hybridized carbons (Fsp3) is 0.429. The van der Waals surface area contributed by atoms with Gasteiger partial charge in [-0.05, 0) is 23.6 Å². The number of hydrogen-bond donors (Lipinski definition) is 2. The van der Waals surface area contributed by atoms with Gasteiger partial charge in [-0.1, -0.05) is 35.0 Å². The predicted octanol–water partition coefficient (Wildman–Crippen LogP) is 1.59. The van der Waals surface area contributed by atoms with Gasteiger partial charge < -0.3 is 15.2 Å². The second kappa shape index (κ2) is 8.01. The van der Waals surface area contributed by atoms with Crippen LogP contribution in [0.4, 0.5) is 0 Å². The van der Waals surface area contributed by atoms with E-state index in [4.69, 9.17) is 5.11 Å². The molecule has 5 nitrogen and oxygen atoms in total.